The molecule has 0 spiro atoms. The molecule has 0 saturated carbocycles. The van der Waals surface area contributed by atoms with Gasteiger partial charge in [-0.3, -0.25) is 14.4 Å². The number of aromatic nitrogens is 2. The minimum Gasteiger partial charge on any atom is -0.335 e. The van der Waals surface area contributed by atoms with Gasteiger partial charge in [0.15, 0.2) is 6.04 Å². The summed E-state index contributed by atoms with van der Waals surface area (Å²) in [6.45, 7) is 1.75. The van der Waals surface area contributed by atoms with E-state index in [0.29, 0.717) is 22.0 Å². The molecule has 3 aromatic carbocycles. The van der Waals surface area contributed by atoms with Gasteiger partial charge in [-0.15, -0.1) is 0 Å². The normalized spacial score (nSPS) is 12.3. The monoisotopic (exact) mass is 595 g/mol. The quantitative estimate of drug-likeness (QED) is 0.225. The Morgan fingerprint density at radius 2 is 1.54 bits per heavy atom. The van der Waals surface area contributed by atoms with E-state index in [1.807, 2.05) is 18.2 Å². The molecule has 0 radical (unpaired) electrons. The van der Waals surface area contributed by atoms with Crippen molar-refractivity contribution >= 4 is 60.2 Å². The average molecular weight is 597 g/mol. The first-order chi connectivity index (χ1) is 16.8. The summed E-state index contributed by atoms with van der Waals surface area (Å²) in [7, 11) is 0. The predicted octanol–water partition coefficient (Wildman–Crippen LogP) is 4.46. The number of rotatable bonds is 6. The fraction of sp³-hybridized carbons (Fsp3) is 0.0800. The first-order valence-electron chi connectivity index (χ1n) is 10.5. The molecule has 0 saturated heterocycles. The minimum absolute atomic E-state index is 0.194. The Labute approximate surface area is 217 Å². The number of aromatic amines is 1. The van der Waals surface area contributed by atoms with Gasteiger partial charge in [0.2, 0.25) is 0 Å². The van der Waals surface area contributed by atoms with Crippen molar-refractivity contribution in [2.24, 2.45) is 5.10 Å². The molecule has 1 heterocycles. The highest BCUT2D eigenvalue weighted by atomic mass is 79.9. The smallest absolute Gasteiger partial charge is 0.272 e. The molecule has 2 amide bonds. The first-order valence-corrected chi connectivity index (χ1v) is 12.1. The zero-order valence-electron chi connectivity index (χ0n) is 18.4. The molecule has 10 heteroatoms. The van der Waals surface area contributed by atoms with Crippen molar-refractivity contribution in [3.63, 3.8) is 0 Å². The van der Waals surface area contributed by atoms with E-state index in [1.165, 1.54) is 0 Å². The number of hydrogen-bond donors (Lipinski definition) is 3. The lowest BCUT2D eigenvalue weighted by Crippen LogP contribution is -2.40. The van der Waals surface area contributed by atoms with Crippen LogP contribution in [0.5, 0.6) is 0 Å². The van der Waals surface area contributed by atoms with Crippen molar-refractivity contribution < 1.29 is 9.59 Å². The van der Waals surface area contributed by atoms with Gasteiger partial charge >= 0.3 is 0 Å². The van der Waals surface area contributed by atoms with Gasteiger partial charge in [-0.2, -0.15) is 10.2 Å². The van der Waals surface area contributed by atoms with Gasteiger partial charge in [0, 0.05) is 19.9 Å². The highest BCUT2D eigenvalue weighted by molar-refractivity contribution is 9.11. The minimum atomic E-state index is -1.23. The number of carbonyl (C=O) groups is 2. The standard InChI is InChI=1S/C25H19Br2N5O3/c1-14(16-11-17(26)13-18(27)12-16)29-32-25(35)22(28-23(33)15-7-3-2-4-8-15)21-19-9-5-6-10-20(19)24(34)31-30-21/h2-13,22H,1H3,(H,28,33)(H,31,34)(H,32,35). The summed E-state index contributed by atoms with van der Waals surface area (Å²) in [5, 5.41) is 14.3. The third-order valence-corrected chi connectivity index (χ3v) is 6.10. The number of benzene rings is 3. The topological polar surface area (TPSA) is 116 Å². The lowest BCUT2D eigenvalue weighted by molar-refractivity contribution is -0.123. The van der Waals surface area contributed by atoms with Crippen LogP contribution in [-0.4, -0.2) is 27.7 Å². The second-order valence-electron chi connectivity index (χ2n) is 7.59. The van der Waals surface area contributed by atoms with Gasteiger partial charge in [0.25, 0.3) is 17.4 Å². The number of nitrogens with one attached hydrogen (secondary N) is 3. The van der Waals surface area contributed by atoms with Crippen LogP contribution in [0.15, 0.2) is 91.6 Å². The molecule has 35 heavy (non-hydrogen) atoms. The SMILES string of the molecule is CC(=NNC(=O)C(NC(=O)c1ccccc1)c1n[nH]c(=O)c2ccccc12)c1cc(Br)cc(Br)c1. The van der Waals surface area contributed by atoms with Crippen molar-refractivity contribution in [3.05, 3.63) is 109 Å². The van der Waals surface area contributed by atoms with Crippen LogP contribution in [0.25, 0.3) is 10.8 Å². The zero-order chi connectivity index (χ0) is 24.9. The molecule has 0 fully saturated rings. The summed E-state index contributed by atoms with van der Waals surface area (Å²) in [6.07, 6.45) is 0. The number of carbonyl (C=O) groups excluding carboxylic acids is 2. The van der Waals surface area contributed by atoms with E-state index in [2.05, 4.69) is 57.9 Å². The molecule has 0 aliphatic rings. The largest absolute Gasteiger partial charge is 0.335 e. The Balaban J connectivity index is 1.70. The number of H-pyrrole nitrogens is 1. The molecule has 0 bridgehead atoms. The Kier molecular flexibility index (Phi) is 7.52. The van der Waals surface area contributed by atoms with E-state index in [0.717, 1.165) is 14.5 Å². The fourth-order valence-electron chi connectivity index (χ4n) is 3.45. The molecule has 0 aliphatic carbocycles. The number of hydrogen-bond acceptors (Lipinski definition) is 5. The van der Waals surface area contributed by atoms with Crippen LogP contribution < -0.4 is 16.3 Å². The Morgan fingerprint density at radius 3 is 2.23 bits per heavy atom. The molecule has 8 nitrogen and oxygen atoms in total. The van der Waals surface area contributed by atoms with Gasteiger partial charge in [0.1, 0.15) is 5.69 Å². The van der Waals surface area contributed by atoms with Gasteiger partial charge < -0.3 is 5.32 Å². The number of halogens is 2. The third kappa shape index (κ3) is 5.72. The number of nitrogens with zero attached hydrogens (tertiary/aromatic N) is 2. The molecular formula is C25H19Br2N5O3. The molecule has 4 rings (SSSR count). The van der Waals surface area contributed by atoms with Crippen LogP contribution in [0.4, 0.5) is 0 Å². The molecule has 176 valence electrons. The van der Waals surface area contributed by atoms with Crippen molar-refractivity contribution in [2.45, 2.75) is 13.0 Å². The van der Waals surface area contributed by atoms with Crippen LogP contribution in [0, 0.1) is 0 Å². The maximum Gasteiger partial charge on any atom is 0.272 e. The lowest BCUT2D eigenvalue weighted by Gasteiger charge is -2.18. The Bertz CT molecular complexity index is 1480. The molecule has 1 atom stereocenters. The summed E-state index contributed by atoms with van der Waals surface area (Å²) >= 11 is 6.87. The summed E-state index contributed by atoms with van der Waals surface area (Å²) in [5.41, 5.74) is 4.03. The second-order valence-corrected chi connectivity index (χ2v) is 9.42. The van der Waals surface area contributed by atoms with E-state index in [4.69, 9.17) is 0 Å². The zero-order valence-corrected chi connectivity index (χ0v) is 21.6. The molecular weight excluding hydrogens is 578 g/mol. The van der Waals surface area contributed by atoms with Crippen molar-refractivity contribution in [1.82, 2.24) is 20.9 Å². The summed E-state index contributed by atoms with van der Waals surface area (Å²) < 4.78 is 1.69. The highest BCUT2D eigenvalue weighted by Crippen LogP contribution is 2.22. The Morgan fingerprint density at radius 1 is 0.914 bits per heavy atom. The van der Waals surface area contributed by atoms with Crippen molar-refractivity contribution in [3.8, 4) is 0 Å². The van der Waals surface area contributed by atoms with Crippen LogP contribution in [0.3, 0.4) is 0 Å². The number of amides is 2. The first kappa shape index (κ1) is 24.5. The summed E-state index contributed by atoms with van der Waals surface area (Å²) in [4.78, 5) is 38.5. The van der Waals surface area contributed by atoms with Gasteiger partial charge in [-0.25, -0.2) is 10.5 Å². The number of hydrazone groups is 1. The third-order valence-electron chi connectivity index (χ3n) is 5.19. The van der Waals surface area contributed by atoms with E-state index < -0.39 is 23.4 Å². The molecule has 3 N–H and O–H groups in total. The second kappa shape index (κ2) is 10.7. The van der Waals surface area contributed by atoms with Gasteiger partial charge in [-0.1, -0.05) is 68.3 Å². The summed E-state index contributed by atoms with van der Waals surface area (Å²) in [5.74, 6) is -1.09. The molecule has 1 aromatic heterocycles. The highest BCUT2D eigenvalue weighted by Gasteiger charge is 2.27. The maximum atomic E-state index is 13.3. The average Bonchev–Trinajstić information content (AvgIpc) is 2.86. The number of fused-ring (bicyclic) bond motifs is 1. The van der Waals surface area contributed by atoms with Crippen LogP contribution in [-0.2, 0) is 4.79 Å². The fourth-order valence-corrected chi connectivity index (χ4v) is 4.74. The summed E-state index contributed by atoms with van der Waals surface area (Å²) in [6, 6.07) is 19.6. The van der Waals surface area contributed by atoms with E-state index in [-0.39, 0.29) is 5.69 Å². The molecule has 0 aliphatic heterocycles. The predicted molar refractivity (Wildman–Crippen MR) is 141 cm³/mol. The van der Waals surface area contributed by atoms with Crippen LogP contribution in [0.2, 0.25) is 0 Å². The Hall–Kier alpha value is -3.63. The van der Waals surface area contributed by atoms with Crippen LogP contribution >= 0.6 is 31.9 Å². The van der Waals surface area contributed by atoms with Gasteiger partial charge in [-0.05, 0) is 48.9 Å². The van der Waals surface area contributed by atoms with Crippen molar-refractivity contribution in [1.29, 1.82) is 0 Å². The van der Waals surface area contributed by atoms with E-state index in [1.54, 1.807) is 61.5 Å². The molecule has 4 aromatic rings. The maximum absolute atomic E-state index is 13.3. The lowest BCUT2D eigenvalue weighted by atomic mass is 10.0. The van der Waals surface area contributed by atoms with E-state index >= 15 is 0 Å². The van der Waals surface area contributed by atoms with Crippen LogP contribution in [0.1, 0.15) is 34.6 Å². The van der Waals surface area contributed by atoms with Gasteiger partial charge in [0.05, 0.1) is 11.1 Å². The molecule has 1 unspecified atom stereocenters. The van der Waals surface area contributed by atoms with E-state index in [9.17, 15) is 14.4 Å². The van der Waals surface area contributed by atoms with Crippen molar-refractivity contribution in [2.75, 3.05) is 0 Å².